The van der Waals surface area contributed by atoms with E-state index in [1.807, 2.05) is 12.1 Å². The van der Waals surface area contributed by atoms with E-state index in [0.717, 1.165) is 5.56 Å². The Morgan fingerprint density at radius 3 is 2.43 bits per heavy atom. The lowest BCUT2D eigenvalue weighted by atomic mass is 10.2. The van der Waals surface area contributed by atoms with Gasteiger partial charge in [0.05, 0.1) is 5.75 Å². The molecule has 0 radical (unpaired) electrons. The number of nitrogens with one attached hydrogen (secondary N) is 1. The van der Waals surface area contributed by atoms with E-state index in [0.29, 0.717) is 10.8 Å². The molecule has 1 amide bonds. The molecule has 0 saturated carbocycles. The summed E-state index contributed by atoms with van der Waals surface area (Å²) in [4.78, 5) is 22.3. The second-order valence-electron chi connectivity index (χ2n) is 4.20. The molecule has 8 heteroatoms. The Hall–Kier alpha value is -1.34. The summed E-state index contributed by atoms with van der Waals surface area (Å²) < 4.78 is 24.3. The Labute approximate surface area is 129 Å². The molecule has 0 aliphatic heterocycles. The minimum atomic E-state index is -2.78. The molecule has 1 aromatic rings. The molecule has 0 aliphatic rings. The number of carboxylic acids is 1. The van der Waals surface area contributed by atoms with Gasteiger partial charge >= 0.3 is 5.97 Å². The van der Waals surface area contributed by atoms with E-state index in [2.05, 4.69) is 5.32 Å². The smallest absolute Gasteiger partial charge is 0.326 e. The number of amides is 1. The van der Waals surface area contributed by atoms with Crippen molar-refractivity contribution in [2.45, 2.75) is 24.6 Å². The number of carbonyl (C=O) groups is 2. The molecule has 21 heavy (non-hydrogen) atoms. The first kappa shape index (κ1) is 17.7. The standard InChI is InChI=1S/C13H14ClF2NO3S/c14-9-3-1-8(2-4-9)6-21-7-12(18)17-10(13(19)20)5-11(15)16/h1-4,10-11H,5-7H2,(H,17,18)(H,19,20). The maximum atomic E-state index is 12.2. The Bertz CT molecular complexity index is 485. The first-order valence-corrected chi connectivity index (χ1v) is 7.54. The number of aliphatic carboxylic acids is 1. The van der Waals surface area contributed by atoms with E-state index in [1.54, 1.807) is 12.1 Å². The zero-order chi connectivity index (χ0) is 15.8. The Morgan fingerprint density at radius 1 is 1.29 bits per heavy atom. The van der Waals surface area contributed by atoms with Crippen LogP contribution in [0.5, 0.6) is 0 Å². The van der Waals surface area contributed by atoms with Crippen LogP contribution in [0, 0.1) is 0 Å². The first-order chi connectivity index (χ1) is 9.88. The second kappa shape index (κ2) is 8.84. The zero-order valence-electron chi connectivity index (χ0n) is 10.9. The number of thioether (sulfide) groups is 1. The molecule has 0 aromatic heterocycles. The monoisotopic (exact) mass is 337 g/mol. The number of halogens is 3. The summed E-state index contributed by atoms with van der Waals surface area (Å²) >= 11 is 6.99. The summed E-state index contributed by atoms with van der Waals surface area (Å²) in [5, 5.41) is 11.4. The van der Waals surface area contributed by atoms with Gasteiger partial charge in [-0.2, -0.15) is 0 Å². The third-order valence-corrected chi connectivity index (χ3v) is 3.72. The van der Waals surface area contributed by atoms with E-state index in [9.17, 15) is 18.4 Å². The number of alkyl halides is 2. The molecule has 0 bridgehead atoms. The van der Waals surface area contributed by atoms with Crippen LogP contribution in [-0.4, -0.2) is 35.2 Å². The predicted octanol–water partition coefficient (Wildman–Crippen LogP) is 2.80. The average Bonchev–Trinajstić information content (AvgIpc) is 2.39. The fourth-order valence-corrected chi connectivity index (χ4v) is 2.40. The SMILES string of the molecule is O=C(CSCc1ccc(Cl)cc1)NC(CC(F)F)C(=O)O. The van der Waals surface area contributed by atoms with Crippen LogP contribution in [0.2, 0.25) is 5.02 Å². The van der Waals surface area contributed by atoms with Crippen molar-refractivity contribution in [2.75, 3.05) is 5.75 Å². The third kappa shape index (κ3) is 7.29. The number of hydrogen-bond acceptors (Lipinski definition) is 3. The average molecular weight is 338 g/mol. The molecule has 0 aliphatic carbocycles. The van der Waals surface area contributed by atoms with Crippen LogP contribution < -0.4 is 5.32 Å². The van der Waals surface area contributed by atoms with Crippen LogP contribution in [0.25, 0.3) is 0 Å². The van der Waals surface area contributed by atoms with Crippen molar-refractivity contribution in [1.82, 2.24) is 5.32 Å². The lowest BCUT2D eigenvalue weighted by molar-refractivity contribution is -0.142. The van der Waals surface area contributed by atoms with E-state index in [1.165, 1.54) is 11.8 Å². The second-order valence-corrected chi connectivity index (χ2v) is 5.63. The largest absolute Gasteiger partial charge is 0.480 e. The molecule has 0 saturated heterocycles. The minimum Gasteiger partial charge on any atom is -0.480 e. The summed E-state index contributed by atoms with van der Waals surface area (Å²) in [5.41, 5.74) is 0.958. The summed E-state index contributed by atoms with van der Waals surface area (Å²) in [7, 11) is 0. The molecule has 1 aromatic carbocycles. The van der Waals surface area contributed by atoms with Crippen LogP contribution in [0.4, 0.5) is 8.78 Å². The summed E-state index contributed by atoms with van der Waals surface area (Å²) in [6, 6.07) is 5.50. The number of hydrogen-bond donors (Lipinski definition) is 2. The lowest BCUT2D eigenvalue weighted by Gasteiger charge is -2.13. The molecule has 0 heterocycles. The Balaban J connectivity index is 2.35. The van der Waals surface area contributed by atoms with Crippen LogP contribution in [0.1, 0.15) is 12.0 Å². The molecule has 2 N–H and O–H groups in total. The van der Waals surface area contributed by atoms with Gasteiger partial charge in [0.15, 0.2) is 0 Å². The molecule has 1 unspecified atom stereocenters. The van der Waals surface area contributed by atoms with Gasteiger partial charge in [-0.1, -0.05) is 23.7 Å². The van der Waals surface area contributed by atoms with Gasteiger partial charge in [0.25, 0.3) is 0 Å². The van der Waals surface area contributed by atoms with Crippen molar-refractivity contribution < 1.29 is 23.5 Å². The highest BCUT2D eigenvalue weighted by molar-refractivity contribution is 7.99. The fourth-order valence-electron chi connectivity index (χ4n) is 1.48. The molecule has 1 atom stereocenters. The highest BCUT2D eigenvalue weighted by Gasteiger charge is 2.23. The lowest BCUT2D eigenvalue weighted by Crippen LogP contribution is -2.42. The summed E-state index contributed by atoms with van der Waals surface area (Å²) in [6.07, 6.45) is -3.68. The zero-order valence-corrected chi connectivity index (χ0v) is 12.5. The topological polar surface area (TPSA) is 66.4 Å². The van der Waals surface area contributed by atoms with Crippen molar-refractivity contribution in [2.24, 2.45) is 0 Å². The van der Waals surface area contributed by atoms with Crippen molar-refractivity contribution in [3.63, 3.8) is 0 Å². The van der Waals surface area contributed by atoms with E-state index in [-0.39, 0.29) is 5.75 Å². The van der Waals surface area contributed by atoms with Crippen LogP contribution in [0.15, 0.2) is 24.3 Å². The Morgan fingerprint density at radius 2 is 1.90 bits per heavy atom. The van der Waals surface area contributed by atoms with Crippen LogP contribution >= 0.6 is 23.4 Å². The van der Waals surface area contributed by atoms with Gasteiger partial charge < -0.3 is 10.4 Å². The van der Waals surface area contributed by atoms with Crippen LogP contribution in [-0.2, 0) is 15.3 Å². The minimum absolute atomic E-state index is 0.00432. The van der Waals surface area contributed by atoms with Crippen molar-refractivity contribution >= 4 is 35.2 Å². The van der Waals surface area contributed by atoms with Gasteiger partial charge in [0.2, 0.25) is 12.3 Å². The van der Waals surface area contributed by atoms with Gasteiger partial charge in [-0.25, -0.2) is 13.6 Å². The predicted molar refractivity (Wildman–Crippen MR) is 77.8 cm³/mol. The van der Waals surface area contributed by atoms with Gasteiger partial charge in [-0.15, -0.1) is 11.8 Å². The molecule has 1 rings (SSSR count). The molecular weight excluding hydrogens is 324 g/mol. The van der Waals surface area contributed by atoms with Gasteiger partial charge in [-0.05, 0) is 17.7 Å². The van der Waals surface area contributed by atoms with Gasteiger partial charge in [-0.3, -0.25) is 4.79 Å². The molecular formula is C13H14ClF2NO3S. The summed E-state index contributed by atoms with van der Waals surface area (Å²) in [5.74, 6) is -1.51. The molecule has 4 nitrogen and oxygen atoms in total. The van der Waals surface area contributed by atoms with Gasteiger partial charge in [0, 0.05) is 17.2 Å². The maximum Gasteiger partial charge on any atom is 0.326 e. The fraction of sp³-hybridized carbons (Fsp3) is 0.385. The number of rotatable bonds is 8. The quantitative estimate of drug-likeness (QED) is 0.765. The normalized spacial score (nSPS) is 12.2. The molecule has 0 fully saturated rings. The summed E-state index contributed by atoms with van der Waals surface area (Å²) in [6.45, 7) is 0. The first-order valence-electron chi connectivity index (χ1n) is 6.01. The van der Waals surface area contributed by atoms with E-state index < -0.39 is 30.8 Å². The molecule has 116 valence electrons. The van der Waals surface area contributed by atoms with Gasteiger partial charge in [0.1, 0.15) is 6.04 Å². The van der Waals surface area contributed by atoms with Crippen molar-refractivity contribution in [3.8, 4) is 0 Å². The van der Waals surface area contributed by atoms with Crippen molar-refractivity contribution in [3.05, 3.63) is 34.9 Å². The van der Waals surface area contributed by atoms with Crippen LogP contribution in [0.3, 0.4) is 0 Å². The highest BCUT2D eigenvalue weighted by Crippen LogP contribution is 2.15. The molecule has 0 spiro atoms. The third-order valence-electron chi connectivity index (χ3n) is 2.46. The number of carbonyl (C=O) groups excluding carboxylic acids is 1. The number of benzene rings is 1. The Kier molecular flexibility index (Phi) is 7.45. The number of carboxylic acid groups (broad SMARTS) is 1. The highest BCUT2D eigenvalue weighted by atomic mass is 35.5. The van der Waals surface area contributed by atoms with E-state index in [4.69, 9.17) is 16.7 Å². The maximum absolute atomic E-state index is 12.2. The van der Waals surface area contributed by atoms with E-state index >= 15 is 0 Å². The van der Waals surface area contributed by atoms with Crippen molar-refractivity contribution in [1.29, 1.82) is 0 Å².